The molecule has 5 heteroatoms. The molecule has 0 radical (unpaired) electrons. The van der Waals surface area contributed by atoms with Gasteiger partial charge in [-0.15, -0.1) is 11.3 Å². The number of nitrogens with zero attached hydrogens (tertiary/aromatic N) is 1. The van der Waals surface area contributed by atoms with Crippen molar-refractivity contribution in [3.8, 4) is 5.75 Å². The fraction of sp³-hybridized carbons (Fsp3) is 0.231. The summed E-state index contributed by atoms with van der Waals surface area (Å²) in [5, 5.41) is 8.95. The predicted octanol–water partition coefficient (Wildman–Crippen LogP) is 2.98. The van der Waals surface area contributed by atoms with Crippen molar-refractivity contribution in [3.05, 3.63) is 45.9 Å². The Morgan fingerprint density at radius 3 is 3.06 bits per heavy atom. The molecule has 2 rings (SSSR count). The minimum absolute atomic E-state index is 0.179. The van der Waals surface area contributed by atoms with E-state index in [1.165, 1.54) is 11.1 Å². The zero-order valence-corrected chi connectivity index (χ0v) is 10.7. The Hall–Kier alpha value is -1.88. The monoisotopic (exact) mass is 263 g/mol. The number of hydrogen-bond acceptors (Lipinski definition) is 4. The van der Waals surface area contributed by atoms with Crippen LogP contribution in [-0.4, -0.2) is 16.1 Å². The maximum Gasteiger partial charge on any atom is 0.347 e. The molecule has 94 valence electrons. The molecule has 18 heavy (non-hydrogen) atoms. The van der Waals surface area contributed by atoms with Gasteiger partial charge >= 0.3 is 5.97 Å². The van der Waals surface area contributed by atoms with Crippen molar-refractivity contribution in [2.24, 2.45) is 0 Å². The largest absolute Gasteiger partial charge is 0.487 e. The zero-order valence-electron chi connectivity index (χ0n) is 9.92. The number of thiazole rings is 1. The van der Waals surface area contributed by atoms with Crippen molar-refractivity contribution in [3.63, 3.8) is 0 Å². The Morgan fingerprint density at radius 1 is 1.50 bits per heavy atom. The molecule has 0 bridgehead atoms. The molecule has 0 amide bonds. The number of carbonyl (C=O) groups is 1. The summed E-state index contributed by atoms with van der Waals surface area (Å²) in [4.78, 5) is 15.2. The smallest absolute Gasteiger partial charge is 0.347 e. The van der Waals surface area contributed by atoms with Crippen molar-refractivity contribution in [2.45, 2.75) is 20.0 Å². The summed E-state index contributed by atoms with van der Waals surface area (Å²) in [5.74, 6) is -0.225. The topological polar surface area (TPSA) is 59.4 Å². The fourth-order valence-corrected chi connectivity index (χ4v) is 2.19. The van der Waals surface area contributed by atoms with Crippen LogP contribution in [0.2, 0.25) is 0 Å². The van der Waals surface area contributed by atoms with E-state index in [9.17, 15) is 4.79 Å². The molecule has 0 aliphatic carbocycles. The number of rotatable bonds is 5. The van der Waals surface area contributed by atoms with Gasteiger partial charge in [0.2, 0.25) is 0 Å². The molecule has 0 unspecified atom stereocenters. The molecule has 0 aliphatic rings. The third-order valence-corrected chi connectivity index (χ3v) is 3.37. The van der Waals surface area contributed by atoms with Crippen molar-refractivity contribution < 1.29 is 14.6 Å². The van der Waals surface area contributed by atoms with Crippen molar-refractivity contribution >= 4 is 17.3 Å². The van der Waals surface area contributed by atoms with Crippen molar-refractivity contribution in [1.29, 1.82) is 0 Å². The highest BCUT2D eigenvalue weighted by molar-refractivity contribution is 7.11. The number of hydrogen-bond donors (Lipinski definition) is 1. The number of carboxylic acid groups (broad SMARTS) is 1. The summed E-state index contributed by atoms with van der Waals surface area (Å²) in [6, 6.07) is 7.75. The van der Waals surface area contributed by atoms with Crippen LogP contribution in [0.15, 0.2) is 29.8 Å². The van der Waals surface area contributed by atoms with Crippen LogP contribution in [0.3, 0.4) is 0 Å². The van der Waals surface area contributed by atoms with E-state index in [-0.39, 0.29) is 11.5 Å². The normalized spacial score (nSPS) is 10.3. The van der Waals surface area contributed by atoms with Gasteiger partial charge in [-0.3, -0.25) is 0 Å². The first-order valence-corrected chi connectivity index (χ1v) is 6.46. The maximum atomic E-state index is 10.9. The van der Waals surface area contributed by atoms with Crippen LogP contribution in [0.5, 0.6) is 5.75 Å². The maximum absolute atomic E-state index is 10.9. The summed E-state index contributed by atoms with van der Waals surface area (Å²) in [7, 11) is 0. The van der Waals surface area contributed by atoms with Crippen LogP contribution < -0.4 is 4.74 Å². The van der Waals surface area contributed by atoms with Crippen molar-refractivity contribution in [2.75, 3.05) is 0 Å². The Balaban J connectivity index is 2.06. The van der Waals surface area contributed by atoms with Gasteiger partial charge in [0, 0.05) is 0 Å². The van der Waals surface area contributed by atoms with Gasteiger partial charge in [0.1, 0.15) is 22.9 Å². The number of aromatic nitrogens is 1. The number of aromatic carboxylic acids is 1. The number of ether oxygens (including phenoxy) is 1. The van der Waals surface area contributed by atoms with Crippen LogP contribution in [0.25, 0.3) is 0 Å². The first-order chi connectivity index (χ1) is 8.70. The minimum atomic E-state index is -0.960. The Kier molecular flexibility index (Phi) is 3.94. The van der Waals surface area contributed by atoms with E-state index in [0.29, 0.717) is 5.69 Å². The molecule has 0 fully saturated rings. The van der Waals surface area contributed by atoms with Crippen LogP contribution in [0.4, 0.5) is 0 Å². The van der Waals surface area contributed by atoms with E-state index in [1.54, 1.807) is 0 Å². The standard InChI is InChI=1S/C13H13NO3S/c1-2-9-4-3-5-10(6-9)17-7-11-12(13(15)16)18-8-14-11/h3-6,8H,2,7H2,1H3,(H,15,16). The van der Waals surface area contributed by atoms with Gasteiger partial charge in [-0.2, -0.15) is 0 Å². The summed E-state index contributed by atoms with van der Waals surface area (Å²) in [5.41, 5.74) is 3.17. The average molecular weight is 263 g/mol. The predicted molar refractivity (Wildman–Crippen MR) is 69.2 cm³/mol. The van der Waals surface area contributed by atoms with Crippen LogP contribution >= 0.6 is 11.3 Å². The molecular weight excluding hydrogens is 250 g/mol. The SMILES string of the molecule is CCc1cccc(OCc2ncsc2C(=O)O)c1. The van der Waals surface area contributed by atoms with Gasteiger partial charge in [0.15, 0.2) is 0 Å². The molecular formula is C13H13NO3S. The van der Waals surface area contributed by atoms with Crippen LogP contribution in [0.1, 0.15) is 27.9 Å². The first kappa shape index (κ1) is 12.6. The van der Waals surface area contributed by atoms with Gasteiger partial charge in [-0.05, 0) is 24.1 Å². The third kappa shape index (κ3) is 2.87. The summed E-state index contributed by atoms with van der Waals surface area (Å²) < 4.78 is 5.56. The Labute approximate surface area is 109 Å². The van der Waals surface area contributed by atoms with Crippen LogP contribution in [-0.2, 0) is 13.0 Å². The summed E-state index contributed by atoms with van der Waals surface area (Å²) >= 11 is 1.11. The second-order valence-electron chi connectivity index (χ2n) is 3.72. The lowest BCUT2D eigenvalue weighted by atomic mass is 10.2. The highest BCUT2D eigenvalue weighted by Crippen LogP contribution is 2.18. The van der Waals surface area contributed by atoms with E-state index < -0.39 is 5.97 Å². The lowest BCUT2D eigenvalue weighted by Gasteiger charge is -2.06. The van der Waals surface area contributed by atoms with Gasteiger partial charge in [0.05, 0.1) is 5.51 Å². The molecule has 1 N–H and O–H groups in total. The van der Waals surface area contributed by atoms with E-state index in [0.717, 1.165) is 23.5 Å². The van der Waals surface area contributed by atoms with Gasteiger partial charge < -0.3 is 9.84 Å². The van der Waals surface area contributed by atoms with Gasteiger partial charge in [-0.1, -0.05) is 19.1 Å². The minimum Gasteiger partial charge on any atom is -0.487 e. The van der Waals surface area contributed by atoms with E-state index in [4.69, 9.17) is 9.84 Å². The van der Waals surface area contributed by atoms with E-state index in [2.05, 4.69) is 11.9 Å². The van der Waals surface area contributed by atoms with Gasteiger partial charge in [0.25, 0.3) is 0 Å². The summed E-state index contributed by atoms with van der Waals surface area (Å²) in [6.07, 6.45) is 0.939. The second kappa shape index (κ2) is 5.64. The highest BCUT2D eigenvalue weighted by atomic mass is 32.1. The third-order valence-electron chi connectivity index (χ3n) is 2.52. The molecule has 1 aromatic carbocycles. The molecule has 4 nitrogen and oxygen atoms in total. The molecule has 2 aromatic rings. The second-order valence-corrected chi connectivity index (χ2v) is 4.58. The molecule has 0 saturated heterocycles. The molecule has 0 atom stereocenters. The molecule has 0 spiro atoms. The zero-order chi connectivity index (χ0) is 13.0. The van der Waals surface area contributed by atoms with Crippen LogP contribution in [0, 0.1) is 0 Å². The fourth-order valence-electron chi connectivity index (χ4n) is 1.55. The number of carboxylic acids is 1. The quantitative estimate of drug-likeness (QED) is 0.901. The Bertz CT molecular complexity index is 551. The molecule has 1 heterocycles. The highest BCUT2D eigenvalue weighted by Gasteiger charge is 2.13. The first-order valence-electron chi connectivity index (χ1n) is 5.58. The van der Waals surface area contributed by atoms with Gasteiger partial charge in [-0.25, -0.2) is 9.78 Å². The average Bonchev–Trinajstić information content (AvgIpc) is 2.85. The summed E-state index contributed by atoms with van der Waals surface area (Å²) in [6.45, 7) is 2.25. The molecule has 1 aromatic heterocycles. The number of benzene rings is 1. The van der Waals surface area contributed by atoms with E-state index >= 15 is 0 Å². The number of aryl methyl sites for hydroxylation is 1. The molecule has 0 saturated carbocycles. The Morgan fingerprint density at radius 2 is 2.33 bits per heavy atom. The lowest BCUT2D eigenvalue weighted by molar-refractivity contribution is 0.0699. The lowest BCUT2D eigenvalue weighted by Crippen LogP contribution is -2.03. The molecule has 0 aliphatic heterocycles. The van der Waals surface area contributed by atoms with Crippen molar-refractivity contribution in [1.82, 2.24) is 4.98 Å². The van der Waals surface area contributed by atoms with E-state index in [1.807, 2.05) is 24.3 Å².